The average molecular weight is 443 g/mol. The molecule has 0 fully saturated rings. The molecule has 0 aromatic heterocycles. The Labute approximate surface area is 178 Å². The lowest BCUT2D eigenvalue weighted by Gasteiger charge is -2.12. The van der Waals surface area contributed by atoms with Crippen LogP contribution >= 0.6 is 0 Å². The predicted octanol–water partition coefficient (Wildman–Crippen LogP) is 2.34. The molecule has 2 aromatic rings. The van der Waals surface area contributed by atoms with E-state index in [1.807, 2.05) is 6.07 Å². The van der Waals surface area contributed by atoms with Gasteiger partial charge in [0.25, 0.3) is 16.0 Å². The van der Waals surface area contributed by atoms with Crippen LogP contribution in [-0.4, -0.2) is 51.0 Å². The molecule has 1 heterocycles. The van der Waals surface area contributed by atoms with E-state index in [1.165, 1.54) is 13.2 Å². The zero-order valence-electron chi connectivity index (χ0n) is 16.2. The van der Waals surface area contributed by atoms with E-state index in [1.54, 1.807) is 30.3 Å². The molecule has 2 aromatic carbocycles. The Kier molecular flexibility index (Phi) is 6.71. The summed E-state index contributed by atoms with van der Waals surface area (Å²) in [5.74, 6) is -0.451. The largest absolute Gasteiger partial charge is 0.489 e. The third-order valence-electron chi connectivity index (χ3n) is 4.08. The molecule has 1 N–H and O–H groups in total. The smallest absolute Gasteiger partial charge is 0.294 e. The highest BCUT2D eigenvalue weighted by atomic mass is 32.2. The van der Waals surface area contributed by atoms with Gasteiger partial charge in [-0.05, 0) is 30.3 Å². The Hall–Kier alpha value is -3.66. The molecule has 0 spiro atoms. The number of nitriles is 1. The number of methoxy groups -OCH3 is 1. The molecule has 0 saturated heterocycles. The molecule has 12 heteroatoms. The Morgan fingerprint density at radius 2 is 1.97 bits per heavy atom. The molecule has 1 aliphatic rings. The first-order chi connectivity index (χ1) is 14.8. The van der Waals surface area contributed by atoms with Crippen molar-refractivity contribution in [2.45, 2.75) is 10.9 Å². The number of nitrogens with zero attached hydrogens (tertiary/aromatic N) is 5. The second-order valence-corrected chi connectivity index (χ2v) is 7.57. The minimum absolute atomic E-state index is 0.0607. The van der Waals surface area contributed by atoms with Gasteiger partial charge in [0.2, 0.25) is 6.04 Å². The number of amides is 1. The van der Waals surface area contributed by atoms with E-state index in [4.69, 9.17) is 9.47 Å². The molecule has 160 valence electrons. The summed E-state index contributed by atoms with van der Waals surface area (Å²) in [5, 5.41) is 22.2. The van der Waals surface area contributed by atoms with E-state index in [9.17, 15) is 23.0 Å². The molecule has 1 atom stereocenters. The SMILES string of the molecule is COCCOc1ccc(S(=O)(=O)O)cc1N=NC1C(=O)N(c2ccccc2)N=C1C#N. The van der Waals surface area contributed by atoms with Gasteiger partial charge in [0.05, 0.1) is 17.2 Å². The molecule has 0 aliphatic carbocycles. The number of para-hydroxylation sites is 1. The number of hydrazone groups is 1. The minimum atomic E-state index is -4.51. The van der Waals surface area contributed by atoms with Crippen molar-refractivity contribution in [3.8, 4) is 11.8 Å². The summed E-state index contributed by atoms with van der Waals surface area (Å²) in [5.41, 5.74) is 0.217. The zero-order chi connectivity index (χ0) is 22.4. The van der Waals surface area contributed by atoms with E-state index in [2.05, 4.69) is 15.3 Å². The second kappa shape index (κ2) is 9.43. The van der Waals surface area contributed by atoms with Gasteiger partial charge in [-0.25, -0.2) is 0 Å². The second-order valence-electron chi connectivity index (χ2n) is 6.15. The predicted molar refractivity (Wildman–Crippen MR) is 109 cm³/mol. The van der Waals surface area contributed by atoms with Gasteiger partial charge in [0, 0.05) is 7.11 Å². The zero-order valence-corrected chi connectivity index (χ0v) is 17.1. The first-order valence-electron chi connectivity index (χ1n) is 8.87. The van der Waals surface area contributed by atoms with Crippen LogP contribution < -0.4 is 9.75 Å². The summed E-state index contributed by atoms with van der Waals surface area (Å²) in [7, 11) is -3.02. The van der Waals surface area contributed by atoms with Crippen LogP contribution in [0.4, 0.5) is 11.4 Å². The number of hydrogen-bond donors (Lipinski definition) is 1. The third kappa shape index (κ3) is 5.10. The van der Waals surface area contributed by atoms with Gasteiger partial charge in [0.1, 0.15) is 24.1 Å². The number of benzene rings is 2. The molecule has 1 amide bonds. The fraction of sp³-hybridized carbons (Fsp3) is 0.211. The molecule has 0 bridgehead atoms. The van der Waals surface area contributed by atoms with Crippen LogP contribution in [0.25, 0.3) is 0 Å². The van der Waals surface area contributed by atoms with Gasteiger partial charge in [-0.2, -0.15) is 34.0 Å². The van der Waals surface area contributed by atoms with Gasteiger partial charge in [-0.1, -0.05) is 18.2 Å². The number of hydrogen-bond acceptors (Lipinski definition) is 9. The minimum Gasteiger partial charge on any atom is -0.489 e. The molecule has 1 unspecified atom stereocenters. The van der Waals surface area contributed by atoms with Crippen molar-refractivity contribution in [1.82, 2.24) is 0 Å². The van der Waals surface area contributed by atoms with Crippen molar-refractivity contribution in [2.75, 3.05) is 25.3 Å². The lowest BCUT2D eigenvalue weighted by Crippen LogP contribution is -2.30. The van der Waals surface area contributed by atoms with Crippen LogP contribution in [-0.2, 0) is 19.6 Å². The van der Waals surface area contributed by atoms with Crippen LogP contribution in [0.3, 0.4) is 0 Å². The van der Waals surface area contributed by atoms with Crippen LogP contribution in [0.1, 0.15) is 0 Å². The van der Waals surface area contributed by atoms with Gasteiger partial charge in [-0.3, -0.25) is 9.35 Å². The quantitative estimate of drug-likeness (QED) is 0.373. The van der Waals surface area contributed by atoms with Gasteiger partial charge in [0.15, 0.2) is 5.71 Å². The molecule has 0 radical (unpaired) electrons. The molecular formula is C19H17N5O6S. The summed E-state index contributed by atoms with van der Waals surface area (Å²) in [6, 6.07) is 12.5. The first-order valence-corrected chi connectivity index (χ1v) is 10.3. The van der Waals surface area contributed by atoms with Crippen molar-refractivity contribution in [2.24, 2.45) is 15.3 Å². The van der Waals surface area contributed by atoms with Crippen LogP contribution in [0.5, 0.6) is 5.75 Å². The number of anilines is 1. The van der Waals surface area contributed by atoms with Crippen LogP contribution in [0, 0.1) is 11.3 Å². The van der Waals surface area contributed by atoms with Crippen molar-refractivity contribution in [1.29, 1.82) is 5.26 Å². The lowest BCUT2D eigenvalue weighted by molar-refractivity contribution is -0.117. The fourth-order valence-electron chi connectivity index (χ4n) is 2.60. The maximum atomic E-state index is 12.7. The maximum absolute atomic E-state index is 12.7. The van der Waals surface area contributed by atoms with Gasteiger partial charge >= 0.3 is 0 Å². The molecule has 1 aliphatic heterocycles. The first kappa shape index (κ1) is 22.0. The normalized spacial score (nSPS) is 16.4. The third-order valence-corrected chi connectivity index (χ3v) is 4.93. The number of carbonyl (C=O) groups excluding carboxylic acids is 1. The van der Waals surface area contributed by atoms with E-state index in [0.29, 0.717) is 5.69 Å². The highest BCUT2D eigenvalue weighted by Gasteiger charge is 2.37. The van der Waals surface area contributed by atoms with Crippen molar-refractivity contribution in [3.05, 3.63) is 48.5 Å². The highest BCUT2D eigenvalue weighted by molar-refractivity contribution is 7.85. The Morgan fingerprint density at radius 3 is 2.61 bits per heavy atom. The molecule has 31 heavy (non-hydrogen) atoms. The van der Waals surface area contributed by atoms with Gasteiger partial charge in [-0.15, -0.1) is 0 Å². The van der Waals surface area contributed by atoms with E-state index in [-0.39, 0.29) is 30.4 Å². The molecule has 3 rings (SSSR count). The van der Waals surface area contributed by atoms with Crippen molar-refractivity contribution in [3.63, 3.8) is 0 Å². The van der Waals surface area contributed by atoms with E-state index < -0.39 is 27.0 Å². The van der Waals surface area contributed by atoms with E-state index >= 15 is 0 Å². The number of azo groups is 1. The Morgan fingerprint density at radius 1 is 1.23 bits per heavy atom. The summed E-state index contributed by atoms with van der Waals surface area (Å²) in [6.07, 6.45) is 0. The standard InChI is InChI=1S/C19H17N5O6S/c1-29-9-10-30-17-8-7-14(31(26,27)28)11-15(17)21-22-18-16(12-20)23-24(19(18)25)13-5-3-2-4-6-13/h2-8,11,18H,9-10H2,1H3,(H,26,27,28). The van der Waals surface area contributed by atoms with Crippen LogP contribution in [0.15, 0.2) is 68.8 Å². The van der Waals surface area contributed by atoms with Crippen LogP contribution in [0.2, 0.25) is 0 Å². The Balaban J connectivity index is 1.93. The molecule has 0 saturated carbocycles. The lowest BCUT2D eigenvalue weighted by atomic mass is 10.2. The maximum Gasteiger partial charge on any atom is 0.294 e. The summed E-state index contributed by atoms with van der Waals surface area (Å²) < 4.78 is 42.6. The summed E-state index contributed by atoms with van der Waals surface area (Å²) >= 11 is 0. The van der Waals surface area contributed by atoms with Crippen molar-refractivity contribution < 1.29 is 27.2 Å². The monoisotopic (exact) mass is 443 g/mol. The van der Waals surface area contributed by atoms with Crippen molar-refractivity contribution >= 4 is 33.1 Å². The van der Waals surface area contributed by atoms with E-state index in [0.717, 1.165) is 17.1 Å². The summed E-state index contributed by atoms with van der Waals surface area (Å²) in [6.45, 7) is 0.397. The number of carbonyl (C=O) groups is 1. The molecular weight excluding hydrogens is 426 g/mol. The number of rotatable bonds is 8. The number of ether oxygens (including phenoxy) is 2. The topological polar surface area (TPSA) is 154 Å². The highest BCUT2D eigenvalue weighted by Crippen LogP contribution is 2.32. The summed E-state index contributed by atoms with van der Waals surface area (Å²) in [4.78, 5) is 12.3. The van der Waals surface area contributed by atoms with Gasteiger partial charge < -0.3 is 9.47 Å². The average Bonchev–Trinajstić information content (AvgIpc) is 3.08. The molecule has 11 nitrogen and oxygen atoms in total. The Bertz CT molecular complexity index is 1170. The fourth-order valence-corrected chi connectivity index (χ4v) is 3.10.